The first-order valence-electron chi connectivity index (χ1n) is 4.67. The fourth-order valence-electron chi connectivity index (χ4n) is 1.16. The minimum atomic E-state index is -0.312. The molecule has 0 unspecified atom stereocenters. The van der Waals surface area contributed by atoms with E-state index in [9.17, 15) is 4.39 Å². The van der Waals surface area contributed by atoms with Gasteiger partial charge in [0.25, 0.3) is 0 Å². The molecule has 0 spiro atoms. The number of benzene rings is 1. The highest BCUT2D eigenvalue weighted by atomic mass is 19.1. The molecule has 0 saturated carbocycles. The minimum absolute atomic E-state index is 0.312. The van der Waals surface area contributed by atoms with Crippen LogP contribution in [0.1, 0.15) is 24.5 Å². The van der Waals surface area contributed by atoms with Crippen LogP contribution in [0, 0.1) is 17.1 Å². The van der Waals surface area contributed by atoms with Crippen LogP contribution in [0.3, 0.4) is 0 Å². The van der Waals surface area contributed by atoms with Crippen molar-refractivity contribution in [2.45, 2.75) is 19.9 Å². The second kappa shape index (κ2) is 5.36. The number of hydrogen-bond donors (Lipinski definition) is 1. The summed E-state index contributed by atoms with van der Waals surface area (Å²) in [5.74, 6) is -0.312. The van der Waals surface area contributed by atoms with Gasteiger partial charge in [-0.1, -0.05) is 13.0 Å². The Kier molecular flexibility index (Phi) is 4.09. The Labute approximate surface area is 83.4 Å². The summed E-state index contributed by atoms with van der Waals surface area (Å²) >= 11 is 0. The summed E-state index contributed by atoms with van der Waals surface area (Å²) < 4.78 is 13.3. The van der Waals surface area contributed by atoms with Crippen LogP contribution in [0.5, 0.6) is 0 Å². The van der Waals surface area contributed by atoms with E-state index in [1.54, 1.807) is 12.1 Å². The second-order valence-corrected chi connectivity index (χ2v) is 3.09. The van der Waals surface area contributed by atoms with Gasteiger partial charge in [-0.05, 0) is 25.1 Å². The quantitative estimate of drug-likeness (QED) is 0.742. The lowest BCUT2D eigenvalue weighted by atomic mass is 10.1. The van der Waals surface area contributed by atoms with E-state index in [-0.39, 0.29) is 5.82 Å². The molecule has 1 aromatic rings. The standard InChI is InChI=1S/C11H13FN2/c1-2-5-14-8-10-4-3-9(7-13)6-11(10)12/h3-4,6,14H,2,5,8H2,1H3. The maximum Gasteiger partial charge on any atom is 0.129 e. The Balaban J connectivity index is 2.65. The van der Waals surface area contributed by atoms with Gasteiger partial charge < -0.3 is 5.32 Å². The van der Waals surface area contributed by atoms with Crippen molar-refractivity contribution in [3.8, 4) is 6.07 Å². The normalized spacial score (nSPS) is 9.79. The molecule has 0 radical (unpaired) electrons. The maximum atomic E-state index is 13.3. The van der Waals surface area contributed by atoms with E-state index in [0.717, 1.165) is 13.0 Å². The molecule has 0 fully saturated rings. The summed E-state index contributed by atoms with van der Waals surface area (Å²) in [6.07, 6.45) is 1.03. The van der Waals surface area contributed by atoms with E-state index in [1.807, 2.05) is 6.07 Å². The van der Waals surface area contributed by atoms with Gasteiger partial charge in [-0.2, -0.15) is 5.26 Å². The predicted molar refractivity (Wildman–Crippen MR) is 53.1 cm³/mol. The minimum Gasteiger partial charge on any atom is -0.313 e. The van der Waals surface area contributed by atoms with Gasteiger partial charge >= 0.3 is 0 Å². The number of nitriles is 1. The highest BCUT2D eigenvalue weighted by molar-refractivity contribution is 5.32. The molecule has 1 rings (SSSR count). The van der Waals surface area contributed by atoms with E-state index in [1.165, 1.54) is 6.07 Å². The number of rotatable bonds is 4. The first kappa shape index (κ1) is 10.7. The van der Waals surface area contributed by atoms with Crippen molar-refractivity contribution in [3.63, 3.8) is 0 Å². The summed E-state index contributed by atoms with van der Waals surface area (Å²) in [7, 11) is 0. The van der Waals surface area contributed by atoms with Crippen molar-refractivity contribution in [2.75, 3.05) is 6.54 Å². The molecule has 0 bridgehead atoms. The van der Waals surface area contributed by atoms with Crippen molar-refractivity contribution in [1.82, 2.24) is 5.32 Å². The Morgan fingerprint density at radius 1 is 1.50 bits per heavy atom. The molecule has 2 nitrogen and oxygen atoms in total. The third-order valence-corrected chi connectivity index (χ3v) is 1.92. The SMILES string of the molecule is CCCNCc1ccc(C#N)cc1F. The summed E-state index contributed by atoms with van der Waals surface area (Å²) in [5, 5.41) is 11.6. The third kappa shape index (κ3) is 2.82. The molecule has 0 aromatic heterocycles. The molecule has 0 aliphatic carbocycles. The molecule has 0 aliphatic heterocycles. The smallest absolute Gasteiger partial charge is 0.129 e. The highest BCUT2D eigenvalue weighted by Crippen LogP contribution is 2.09. The van der Waals surface area contributed by atoms with Crippen LogP contribution in [-0.4, -0.2) is 6.54 Å². The van der Waals surface area contributed by atoms with Gasteiger partial charge in [0, 0.05) is 12.1 Å². The van der Waals surface area contributed by atoms with Crippen molar-refractivity contribution < 1.29 is 4.39 Å². The molecule has 0 atom stereocenters. The van der Waals surface area contributed by atoms with Gasteiger partial charge in [0.2, 0.25) is 0 Å². The number of halogens is 1. The van der Waals surface area contributed by atoms with Crippen LogP contribution >= 0.6 is 0 Å². The van der Waals surface area contributed by atoms with Crippen LogP contribution in [0.15, 0.2) is 18.2 Å². The number of hydrogen-bond acceptors (Lipinski definition) is 2. The summed E-state index contributed by atoms with van der Waals surface area (Å²) in [6.45, 7) is 3.45. The van der Waals surface area contributed by atoms with E-state index in [4.69, 9.17) is 5.26 Å². The largest absolute Gasteiger partial charge is 0.313 e. The second-order valence-electron chi connectivity index (χ2n) is 3.09. The maximum absolute atomic E-state index is 13.3. The zero-order valence-electron chi connectivity index (χ0n) is 8.18. The summed E-state index contributed by atoms with van der Waals surface area (Å²) in [5.41, 5.74) is 0.971. The van der Waals surface area contributed by atoms with E-state index in [2.05, 4.69) is 12.2 Å². The van der Waals surface area contributed by atoms with E-state index >= 15 is 0 Å². The fraction of sp³-hybridized carbons (Fsp3) is 0.364. The average Bonchev–Trinajstić information content (AvgIpc) is 2.20. The molecule has 0 amide bonds. The molecule has 14 heavy (non-hydrogen) atoms. The molecule has 1 aromatic carbocycles. The van der Waals surface area contributed by atoms with E-state index < -0.39 is 0 Å². The van der Waals surface area contributed by atoms with E-state index in [0.29, 0.717) is 17.7 Å². The first-order chi connectivity index (χ1) is 6.77. The van der Waals surface area contributed by atoms with Crippen LogP contribution in [0.4, 0.5) is 4.39 Å². The zero-order chi connectivity index (χ0) is 10.4. The molecule has 1 N–H and O–H groups in total. The summed E-state index contributed by atoms with van der Waals surface area (Å²) in [6, 6.07) is 6.45. The first-order valence-corrected chi connectivity index (χ1v) is 4.67. The Morgan fingerprint density at radius 3 is 2.86 bits per heavy atom. The Morgan fingerprint density at radius 2 is 2.29 bits per heavy atom. The number of nitrogens with zero attached hydrogens (tertiary/aromatic N) is 1. The lowest BCUT2D eigenvalue weighted by Gasteiger charge is -2.04. The third-order valence-electron chi connectivity index (χ3n) is 1.92. The van der Waals surface area contributed by atoms with Gasteiger partial charge in [-0.15, -0.1) is 0 Å². The van der Waals surface area contributed by atoms with Crippen LogP contribution < -0.4 is 5.32 Å². The monoisotopic (exact) mass is 192 g/mol. The van der Waals surface area contributed by atoms with Gasteiger partial charge in [-0.25, -0.2) is 4.39 Å². The van der Waals surface area contributed by atoms with Crippen molar-refractivity contribution in [3.05, 3.63) is 35.1 Å². The van der Waals surface area contributed by atoms with Gasteiger partial charge in [0.15, 0.2) is 0 Å². The Hall–Kier alpha value is -1.40. The zero-order valence-corrected chi connectivity index (χ0v) is 8.18. The Bertz CT molecular complexity index is 342. The van der Waals surface area contributed by atoms with Crippen molar-refractivity contribution in [2.24, 2.45) is 0 Å². The van der Waals surface area contributed by atoms with Gasteiger partial charge in [-0.3, -0.25) is 0 Å². The van der Waals surface area contributed by atoms with Crippen LogP contribution in [-0.2, 0) is 6.54 Å². The molecule has 3 heteroatoms. The topological polar surface area (TPSA) is 35.8 Å². The molecule has 74 valence electrons. The molecule has 0 saturated heterocycles. The molecular formula is C11H13FN2. The van der Waals surface area contributed by atoms with Crippen molar-refractivity contribution in [1.29, 1.82) is 5.26 Å². The lowest BCUT2D eigenvalue weighted by molar-refractivity contribution is 0.586. The van der Waals surface area contributed by atoms with Crippen LogP contribution in [0.2, 0.25) is 0 Å². The average molecular weight is 192 g/mol. The number of nitrogens with one attached hydrogen (secondary N) is 1. The molecule has 0 heterocycles. The van der Waals surface area contributed by atoms with Gasteiger partial charge in [0.05, 0.1) is 11.6 Å². The highest BCUT2D eigenvalue weighted by Gasteiger charge is 2.02. The van der Waals surface area contributed by atoms with Crippen LogP contribution in [0.25, 0.3) is 0 Å². The van der Waals surface area contributed by atoms with Gasteiger partial charge in [0.1, 0.15) is 5.82 Å². The molecule has 0 aliphatic rings. The summed E-state index contributed by atoms with van der Waals surface area (Å²) in [4.78, 5) is 0. The molecular weight excluding hydrogens is 179 g/mol. The van der Waals surface area contributed by atoms with Crippen molar-refractivity contribution >= 4 is 0 Å². The fourth-order valence-corrected chi connectivity index (χ4v) is 1.16. The predicted octanol–water partition coefficient (Wildman–Crippen LogP) is 2.20. The lowest BCUT2D eigenvalue weighted by Crippen LogP contribution is -2.14.